The maximum Gasteiger partial charge on any atom is 0.182 e. The molecule has 0 unspecified atom stereocenters. The summed E-state index contributed by atoms with van der Waals surface area (Å²) in [5.74, 6) is 1.54. The summed E-state index contributed by atoms with van der Waals surface area (Å²) >= 11 is 0. The lowest BCUT2D eigenvalue weighted by Gasteiger charge is -2.07. The first-order valence-electron chi connectivity index (χ1n) is 6.98. The van der Waals surface area contributed by atoms with Gasteiger partial charge in [-0.3, -0.25) is 4.98 Å². The average Bonchev–Trinajstić information content (AvgIpc) is 3.02. The Morgan fingerprint density at radius 1 is 1.05 bits per heavy atom. The zero-order chi connectivity index (χ0) is 15.2. The molecule has 1 aromatic carbocycles. The van der Waals surface area contributed by atoms with Gasteiger partial charge in [-0.15, -0.1) is 5.10 Å². The number of aryl methyl sites for hydroxylation is 1. The third kappa shape index (κ3) is 3.38. The van der Waals surface area contributed by atoms with Crippen molar-refractivity contribution in [3.05, 3.63) is 48.8 Å². The number of nitrogens with two attached hydrogens (primary N) is 1. The van der Waals surface area contributed by atoms with Crippen LogP contribution >= 0.6 is 0 Å². The van der Waals surface area contributed by atoms with Crippen LogP contribution in [0.25, 0.3) is 11.4 Å². The van der Waals surface area contributed by atoms with Crippen molar-refractivity contribution in [1.29, 1.82) is 0 Å². The van der Waals surface area contributed by atoms with Gasteiger partial charge in [-0.25, -0.2) is 4.68 Å². The van der Waals surface area contributed by atoms with E-state index in [4.69, 9.17) is 10.5 Å². The van der Waals surface area contributed by atoms with Gasteiger partial charge in [0.15, 0.2) is 5.82 Å². The minimum Gasteiger partial charge on any atom is -0.494 e. The van der Waals surface area contributed by atoms with Gasteiger partial charge in [0.05, 0.1) is 6.61 Å². The van der Waals surface area contributed by atoms with Crippen LogP contribution in [-0.4, -0.2) is 31.8 Å². The monoisotopic (exact) mass is 296 g/mol. The molecule has 0 spiro atoms. The maximum atomic E-state index is 5.66. The van der Waals surface area contributed by atoms with E-state index in [1.165, 1.54) is 0 Å². The van der Waals surface area contributed by atoms with E-state index in [0.29, 0.717) is 13.2 Å². The fourth-order valence-electron chi connectivity index (χ4n) is 2.03. The fourth-order valence-corrected chi connectivity index (χ4v) is 2.03. The van der Waals surface area contributed by atoms with Crippen molar-refractivity contribution < 1.29 is 4.74 Å². The zero-order valence-corrected chi connectivity index (χ0v) is 12.0. The number of nitrogens with zero attached hydrogens (tertiary/aromatic N) is 5. The lowest BCUT2D eigenvalue weighted by Crippen LogP contribution is -2.07. The van der Waals surface area contributed by atoms with E-state index in [0.717, 1.165) is 29.2 Å². The van der Waals surface area contributed by atoms with Crippen LogP contribution in [0.4, 0.5) is 5.69 Å². The van der Waals surface area contributed by atoms with Crippen LogP contribution in [0.2, 0.25) is 0 Å². The Balaban J connectivity index is 1.54. The van der Waals surface area contributed by atoms with Gasteiger partial charge in [0.1, 0.15) is 5.75 Å². The highest BCUT2D eigenvalue weighted by Gasteiger charge is 2.08. The van der Waals surface area contributed by atoms with Crippen molar-refractivity contribution in [2.45, 2.75) is 13.0 Å². The highest BCUT2D eigenvalue weighted by Crippen LogP contribution is 2.15. The standard InChI is InChI=1S/C15H16N6O/c16-13-2-4-14(5-3-13)22-11-1-10-21-15(18-19-20-21)12-6-8-17-9-7-12/h2-9H,1,10-11,16H2. The minimum absolute atomic E-state index is 0.583. The van der Waals surface area contributed by atoms with Gasteiger partial charge < -0.3 is 10.5 Å². The molecule has 0 amide bonds. The van der Waals surface area contributed by atoms with Gasteiger partial charge in [0.25, 0.3) is 0 Å². The fraction of sp³-hybridized carbons (Fsp3) is 0.200. The summed E-state index contributed by atoms with van der Waals surface area (Å²) in [5, 5.41) is 11.8. The molecule has 0 radical (unpaired) electrons. The van der Waals surface area contributed by atoms with Gasteiger partial charge >= 0.3 is 0 Å². The lowest BCUT2D eigenvalue weighted by molar-refractivity contribution is 0.298. The van der Waals surface area contributed by atoms with E-state index >= 15 is 0 Å². The van der Waals surface area contributed by atoms with E-state index in [2.05, 4.69) is 20.5 Å². The SMILES string of the molecule is Nc1ccc(OCCCn2nnnc2-c2ccncc2)cc1. The number of aromatic nitrogens is 5. The first-order valence-corrected chi connectivity index (χ1v) is 6.98. The molecule has 7 heteroatoms. The molecule has 112 valence electrons. The molecule has 2 aromatic heterocycles. The van der Waals surface area contributed by atoms with Crippen LogP contribution < -0.4 is 10.5 Å². The number of tetrazole rings is 1. The molecule has 0 aliphatic carbocycles. The molecule has 2 heterocycles. The molecule has 0 bridgehead atoms. The molecule has 3 aromatic rings. The van der Waals surface area contributed by atoms with Crippen molar-refractivity contribution >= 4 is 5.69 Å². The number of rotatable bonds is 6. The van der Waals surface area contributed by atoms with Crippen LogP contribution in [-0.2, 0) is 6.54 Å². The maximum absolute atomic E-state index is 5.66. The first kappa shape index (κ1) is 14.0. The Morgan fingerprint density at radius 3 is 2.59 bits per heavy atom. The second-order valence-corrected chi connectivity index (χ2v) is 4.73. The number of ether oxygens (including phenoxy) is 1. The summed E-state index contributed by atoms with van der Waals surface area (Å²) in [6.07, 6.45) is 4.24. The van der Waals surface area contributed by atoms with Gasteiger partial charge in [-0.05, 0) is 46.8 Å². The van der Waals surface area contributed by atoms with Gasteiger partial charge in [-0.2, -0.15) is 0 Å². The Kier molecular flexibility index (Phi) is 4.24. The third-order valence-corrected chi connectivity index (χ3v) is 3.13. The zero-order valence-electron chi connectivity index (χ0n) is 12.0. The van der Waals surface area contributed by atoms with Crippen molar-refractivity contribution in [2.24, 2.45) is 0 Å². The number of benzene rings is 1. The Morgan fingerprint density at radius 2 is 1.82 bits per heavy atom. The topological polar surface area (TPSA) is 91.7 Å². The Bertz CT molecular complexity index is 710. The van der Waals surface area contributed by atoms with Crippen LogP contribution in [0, 0.1) is 0 Å². The lowest BCUT2D eigenvalue weighted by atomic mass is 10.2. The summed E-state index contributed by atoms with van der Waals surface area (Å²) in [4.78, 5) is 3.99. The number of anilines is 1. The van der Waals surface area contributed by atoms with E-state index in [1.54, 1.807) is 17.1 Å². The molecule has 0 saturated heterocycles. The van der Waals surface area contributed by atoms with Crippen molar-refractivity contribution in [3.63, 3.8) is 0 Å². The van der Waals surface area contributed by atoms with Gasteiger partial charge in [0, 0.05) is 36.6 Å². The first-order chi connectivity index (χ1) is 10.8. The molecule has 7 nitrogen and oxygen atoms in total. The molecule has 2 N–H and O–H groups in total. The molecular weight excluding hydrogens is 280 g/mol. The number of hydrogen-bond acceptors (Lipinski definition) is 6. The van der Waals surface area contributed by atoms with Gasteiger partial charge in [0.2, 0.25) is 0 Å². The third-order valence-electron chi connectivity index (χ3n) is 3.13. The highest BCUT2D eigenvalue weighted by molar-refractivity contribution is 5.52. The molecular formula is C15H16N6O. The number of pyridine rings is 1. The second kappa shape index (κ2) is 6.66. The van der Waals surface area contributed by atoms with E-state index in [9.17, 15) is 0 Å². The molecule has 3 rings (SSSR count). The molecule has 22 heavy (non-hydrogen) atoms. The van der Waals surface area contributed by atoms with Crippen LogP contribution in [0.1, 0.15) is 6.42 Å². The smallest absolute Gasteiger partial charge is 0.182 e. The number of hydrogen-bond donors (Lipinski definition) is 1. The largest absolute Gasteiger partial charge is 0.494 e. The molecule has 0 aliphatic heterocycles. The van der Waals surface area contributed by atoms with Crippen LogP contribution in [0.3, 0.4) is 0 Å². The van der Waals surface area contributed by atoms with Crippen LogP contribution in [0.5, 0.6) is 5.75 Å². The van der Waals surface area contributed by atoms with E-state index in [-0.39, 0.29) is 0 Å². The Hall–Kier alpha value is -2.96. The predicted octanol–water partition coefficient (Wildman–Crippen LogP) is 1.79. The predicted molar refractivity (Wildman–Crippen MR) is 82.0 cm³/mol. The summed E-state index contributed by atoms with van der Waals surface area (Å²) in [5.41, 5.74) is 7.30. The molecule has 0 saturated carbocycles. The quantitative estimate of drug-likeness (QED) is 0.550. The van der Waals surface area contributed by atoms with Crippen LogP contribution in [0.15, 0.2) is 48.8 Å². The molecule has 0 fully saturated rings. The van der Waals surface area contributed by atoms with Gasteiger partial charge in [-0.1, -0.05) is 0 Å². The Labute approximate surface area is 127 Å². The van der Waals surface area contributed by atoms with Crippen molar-refractivity contribution in [3.8, 4) is 17.1 Å². The summed E-state index contributed by atoms with van der Waals surface area (Å²) in [6.45, 7) is 1.26. The summed E-state index contributed by atoms with van der Waals surface area (Å²) < 4.78 is 7.42. The average molecular weight is 296 g/mol. The molecule has 0 atom stereocenters. The normalized spacial score (nSPS) is 10.5. The summed E-state index contributed by atoms with van der Waals surface area (Å²) in [6, 6.07) is 11.1. The summed E-state index contributed by atoms with van der Waals surface area (Å²) in [7, 11) is 0. The second-order valence-electron chi connectivity index (χ2n) is 4.73. The number of nitrogen functional groups attached to an aromatic ring is 1. The van der Waals surface area contributed by atoms with E-state index in [1.807, 2.05) is 36.4 Å². The van der Waals surface area contributed by atoms with E-state index < -0.39 is 0 Å². The van der Waals surface area contributed by atoms with Crippen molar-refractivity contribution in [2.75, 3.05) is 12.3 Å². The highest BCUT2D eigenvalue weighted by atomic mass is 16.5. The molecule has 0 aliphatic rings. The van der Waals surface area contributed by atoms with Crippen molar-refractivity contribution in [1.82, 2.24) is 25.2 Å². The minimum atomic E-state index is 0.583.